The molecular weight excluding hydrogens is 895 g/mol. The number of methoxy groups -OCH3 is 2. The van der Waals surface area contributed by atoms with Gasteiger partial charge in [-0.1, -0.05) is 37.6 Å². The van der Waals surface area contributed by atoms with E-state index in [1.165, 1.54) is 21.1 Å². The molecule has 20 heteroatoms. The van der Waals surface area contributed by atoms with Crippen LogP contribution in [0.25, 0.3) is 22.0 Å². The van der Waals surface area contributed by atoms with E-state index in [0.717, 1.165) is 4.90 Å². The van der Waals surface area contributed by atoms with Crippen molar-refractivity contribution in [3.05, 3.63) is 59.6 Å². The van der Waals surface area contributed by atoms with Gasteiger partial charge in [-0.05, 0) is 112 Å². The molecule has 3 aromatic rings. The number of hydrogen-bond acceptors (Lipinski definition) is 10. The zero-order valence-electron chi connectivity index (χ0n) is 36.8. The number of ether oxygens (including phenoxy) is 3. The van der Waals surface area contributed by atoms with Gasteiger partial charge in [0.2, 0.25) is 27.7 Å². The van der Waals surface area contributed by atoms with Gasteiger partial charge in [-0.25, -0.2) is 18.2 Å². The van der Waals surface area contributed by atoms with Crippen molar-refractivity contribution in [2.24, 2.45) is 17.8 Å². The molecule has 4 aliphatic rings. The average molecular weight is 948 g/mol. The monoisotopic (exact) mass is 947 g/mol. The van der Waals surface area contributed by atoms with Crippen LogP contribution in [0.3, 0.4) is 0 Å². The van der Waals surface area contributed by atoms with Crippen LogP contribution in [0, 0.1) is 17.8 Å². The molecule has 0 radical (unpaired) electrons. The first-order valence-corrected chi connectivity index (χ1v) is 23.4. The Hall–Kier alpha value is -5.30. The summed E-state index contributed by atoms with van der Waals surface area (Å²) in [5.41, 5.74) is -3.83. The highest BCUT2D eigenvalue weighted by Gasteiger charge is 2.63. The molecule has 3 N–H and O–H groups in total. The smallest absolute Gasteiger partial charge is 0.411 e. The third kappa shape index (κ3) is 9.53. The minimum atomic E-state index is -5.12. The SMILES string of the molecule is COc1ccc2c(O[C@@H]3C[C@H]4C(=O)N[C@]5(C(=O)NS(=O)(=O)C6CC6)C[C@H]5/C=C\CC[C@H](C)C[C@@H](C)[C@H](N(C(=O)O)C(C)(C)C(F)(F)F)C(=O)N4C3)nc(-c3ccc(OC)c(Cl)c3)cc2c1. The van der Waals surface area contributed by atoms with E-state index < -0.39 is 92.9 Å². The Morgan fingerprint density at radius 1 is 1.03 bits per heavy atom. The molecule has 7 rings (SSSR count). The van der Waals surface area contributed by atoms with Crippen molar-refractivity contribution >= 4 is 56.2 Å². The number of carbonyl (C=O) groups excluding carboxylic acids is 3. The number of sulfonamides is 1. The average Bonchev–Trinajstić information content (AvgIpc) is 4.16. The minimum absolute atomic E-state index is 0.0329. The van der Waals surface area contributed by atoms with Gasteiger partial charge < -0.3 is 29.5 Å². The molecule has 2 aliphatic carbocycles. The number of nitrogens with zero attached hydrogens (tertiary/aromatic N) is 3. The minimum Gasteiger partial charge on any atom is -0.497 e. The Balaban J connectivity index is 1.32. The second kappa shape index (κ2) is 17.8. The highest BCUT2D eigenvalue weighted by molar-refractivity contribution is 7.91. The van der Waals surface area contributed by atoms with E-state index in [-0.39, 0.29) is 36.0 Å². The third-order valence-corrected chi connectivity index (χ3v) is 15.2. The quantitative estimate of drug-likeness (QED) is 0.176. The van der Waals surface area contributed by atoms with Crippen LogP contribution in [0.4, 0.5) is 18.0 Å². The van der Waals surface area contributed by atoms with Gasteiger partial charge in [0, 0.05) is 23.3 Å². The summed E-state index contributed by atoms with van der Waals surface area (Å²) in [6.07, 6.45) is -3.07. The lowest BCUT2D eigenvalue weighted by atomic mass is 9.85. The molecule has 0 unspecified atom stereocenters. The number of alkyl halides is 3. The number of carboxylic acid groups (broad SMARTS) is 1. The predicted molar refractivity (Wildman–Crippen MR) is 234 cm³/mol. The molecule has 15 nitrogen and oxygen atoms in total. The lowest BCUT2D eigenvalue weighted by Gasteiger charge is -2.45. The highest BCUT2D eigenvalue weighted by atomic mass is 35.5. The van der Waals surface area contributed by atoms with E-state index in [9.17, 15) is 41.1 Å². The van der Waals surface area contributed by atoms with Crippen LogP contribution < -0.4 is 24.2 Å². The molecule has 7 atom stereocenters. The summed E-state index contributed by atoms with van der Waals surface area (Å²) in [5, 5.41) is 14.0. The van der Waals surface area contributed by atoms with Gasteiger partial charge in [-0.15, -0.1) is 0 Å². The molecule has 352 valence electrons. The van der Waals surface area contributed by atoms with Crippen molar-refractivity contribution in [2.45, 2.75) is 113 Å². The number of carbonyl (C=O) groups is 4. The van der Waals surface area contributed by atoms with Gasteiger partial charge in [0.15, 0.2) is 0 Å². The number of amides is 4. The van der Waals surface area contributed by atoms with Crippen LogP contribution in [0.5, 0.6) is 17.4 Å². The van der Waals surface area contributed by atoms with Crippen molar-refractivity contribution < 1.29 is 60.1 Å². The highest BCUT2D eigenvalue weighted by Crippen LogP contribution is 2.47. The largest absolute Gasteiger partial charge is 0.497 e. The summed E-state index contributed by atoms with van der Waals surface area (Å²) >= 11 is 6.49. The Morgan fingerprint density at radius 3 is 2.38 bits per heavy atom. The number of nitrogens with one attached hydrogen (secondary N) is 2. The molecule has 0 bridgehead atoms. The summed E-state index contributed by atoms with van der Waals surface area (Å²) in [6.45, 7) is 4.32. The van der Waals surface area contributed by atoms with Gasteiger partial charge in [-0.3, -0.25) is 24.0 Å². The molecule has 0 spiro atoms. The lowest BCUT2D eigenvalue weighted by Crippen LogP contribution is -2.66. The van der Waals surface area contributed by atoms with Crippen LogP contribution in [0.15, 0.2) is 54.6 Å². The number of hydrogen-bond donors (Lipinski definition) is 3. The number of allylic oxidation sites excluding steroid dienone is 1. The molecule has 3 heterocycles. The Labute approximate surface area is 380 Å². The number of aromatic nitrogens is 1. The lowest BCUT2D eigenvalue weighted by molar-refractivity contribution is -0.222. The van der Waals surface area contributed by atoms with Gasteiger partial charge in [-0.2, -0.15) is 13.2 Å². The molecule has 2 saturated carbocycles. The first kappa shape index (κ1) is 47.7. The molecule has 3 fully saturated rings. The summed E-state index contributed by atoms with van der Waals surface area (Å²) in [6, 6.07) is 8.49. The van der Waals surface area contributed by atoms with E-state index >= 15 is 4.79 Å². The topological polar surface area (TPSA) is 194 Å². The first-order valence-electron chi connectivity index (χ1n) is 21.4. The van der Waals surface area contributed by atoms with E-state index in [1.807, 2.05) is 6.92 Å². The van der Waals surface area contributed by atoms with Gasteiger partial charge in [0.25, 0.3) is 5.91 Å². The third-order valence-electron chi connectivity index (χ3n) is 13.1. The van der Waals surface area contributed by atoms with Crippen LogP contribution in [-0.2, 0) is 24.4 Å². The van der Waals surface area contributed by atoms with Gasteiger partial charge in [0.1, 0.15) is 40.8 Å². The Morgan fingerprint density at radius 2 is 1.75 bits per heavy atom. The van der Waals surface area contributed by atoms with Gasteiger partial charge in [0.05, 0.1) is 36.7 Å². The van der Waals surface area contributed by atoms with Crippen molar-refractivity contribution in [1.82, 2.24) is 24.8 Å². The van der Waals surface area contributed by atoms with E-state index in [2.05, 4.69) is 10.0 Å². The fourth-order valence-electron chi connectivity index (χ4n) is 9.04. The molecule has 4 amide bonds. The maximum absolute atomic E-state index is 15.2. The summed E-state index contributed by atoms with van der Waals surface area (Å²) in [5.74, 6) is -3.76. The Kier molecular flexibility index (Phi) is 13.1. The summed E-state index contributed by atoms with van der Waals surface area (Å²) in [7, 11) is -1.08. The van der Waals surface area contributed by atoms with Crippen LogP contribution in [0.2, 0.25) is 5.02 Å². The fourth-order valence-corrected chi connectivity index (χ4v) is 10.7. The number of pyridine rings is 1. The number of fused-ring (bicyclic) bond motifs is 3. The maximum Gasteiger partial charge on any atom is 0.411 e. The molecule has 65 heavy (non-hydrogen) atoms. The maximum atomic E-state index is 15.2. The van der Waals surface area contributed by atoms with E-state index in [4.69, 9.17) is 30.8 Å². The number of halogens is 4. The van der Waals surface area contributed by atoms with Crippen LogP contribution in [0.1, 0.15) is 72.6 Å². The van der Waals surface area contributed by atoms with Crippen molar-refractivity contribution in [1.29, 1.82) is 0 Å². The van der Waals surface area contributed by atoms with E-state index in [1.54, 1.807) is 54.6 Å². The zero-order valence-corrected chi connectivity index (χ0v) is 38.4. The molecule has 1 aromatic heterocycles. The Bertz CT molecular complexity index is 2520. The van der Waals surface area contributed by atoms with Crippen molar-refractivity contribution in [3.63, 3.8) is 0 Å². The molecular formula is C45H53ClF3N5O10S. The first-order chi connectivity index (χ1) is 30.5. The zero-order chi connectivity index (χ0) is 47.4. The summed E-state index contributed by atoms with van der Waals surface area (Å²) in [4.78, 5) is 63.0. The van der Waals surface area contributed by atoms with Crippen LogP contribution in [-0.4, -0.2) is 114 Å². The molecule has 2 aliphatic heterocycles. The molecule has 1 saturated heterocycles. The number of benzene rings is 2. The standard InChI is InChI=1S/C45H53ClF3N5O10S/c1-24-9-7-8-10-28-22-44(28,41(57)52-65(60,61)31-13-14-31)51-38(55)35-21-30(23-53(35)40(56)37(25(2)17-24)54(42(58)59)43(3,4)45(47,48)49)64-39-32-15-12-29(62-5)18-27(32)20-34(50-39)26-11-16-36(63-6)33(46)19-26/h8,10-12,15-16,18-20,24-25,28,30-31,35,37H,7,9,13-14,17,21-23H2,1-6H3,(H,51,55)(H,52,57)(H,58,59)/b10-8-/t24-,25+,28+,30+,35-,37-,44+/m0/s1. The normalized spacial score (nSPS) is 27.0. The predicted octanol–water partition coefficient (Wildman–Crippen LogP) is 7.11. The van der Waals surface area contributed by atoms with Crippen molar-refractivity contribution in [3.8, 4) is 28.6 Å². The molecule has 2 aromatic carbocycles. The van der Waals surface area contributed by atoms with Crippen LogP contribution >= 0.6 is 11.6 Å². The van der Waals surface area contributed by atoms with E-state index in [0.29, 0.717) is 78.1 Å². The second-order valence-corrected chi connectivity index (χ2v) is 20.5. The van der Waals surface area contributed by atoms with Gasteiger partial charge >= 0.3 is 12.3 Å². The number of rotatable bonds is 10. The second-order valence-electron chi connectivity index (χ2n) is 18.2. The fraction of sp³-hybridized carbons (Fsp3) is 0.533. The summed E-state index contributed by atoms with van der Waals surface area (Å²) < 4.78 is 90.1. The van der Waals surface area contributed by atoms with Crippen molar-refractivity contribution in [2.75, 3.05) is 20.8 Å².